The predicted octanol–water partition coefficient (Wildman–Crippen LogP) is 2.48. The van der Waals surface area contributed by atoms with E-state index in [9.17, 15) is 15.3 Å². The van der Waals surface area contributed by atoms with E-state index in [2.05, 4.69) is 15.3 Å². The normalized spacial score (nSPS) is 27.3. The van der Waals surface area contributed by atoms with Gasteiger partial charge in [-0.3, -0.25) is 0 Å². The Balaban J connectivity index is 1.63. The van der Waals surface area contributed by atoms with Gasteiger partial charge in [0, 0.05) is 21.5 Å². The van der Waals surface area contributed by atoms with E-state index in [1.807, 2.05) is 5.38 Å². The summed E-state index contributed by atoms with van der Waals surface area (Å²) in [7, 11) is 0. The molecule has 1 saturated heterocycles. The summed E-state index contributed by atoms with van der Waals surface area (Å²) < 4.78 is 7.11. The molecule has 5 atom stereocenters. The van der Waals surface area contributed by atoms with Crippen LogP contribution in [0.25, 0.3) is 10.7 Å². The number of halogens is 2. The van der Waals surface area contributed by atoms with Crippen LogP contribution < -0.4 is 0 Å². The minimum atomic E-state index is -1.20. The Bertz CT molecular complexity index is 974. The summed E-state index contributed by atoms with van der Waals surface area (Å²) in [5.41, 5.74) is -0.308. The van der Waals surface area contributed by atoms with E-state index in [0.29, 0.717) is 25.6 Å². The Hall–Kier alpha value is -1.24. The molecule has 154 valence electrons. The maximum Gasteiger partial charge on any atom is 0.145 e. The predicted molar refractivity (Wildman–Crippen MR) is 110 cm³/mol. The van der Waals surface area contributed by atoms with E-state index in [-0.39, 0.29) is 0 Å². The van der Waals surface area contributed by atoms with Gasteiger partial charge in [-0.15, -0.1) is 16.4 Å². The average molecular weight is 475 g/mol. The molecule has 0 saturated carbocycles. The van der Waals surface area contributed by atoms with Crippen LogP contribution in [0.15, 0.2) is 40.9 Å². The minimum Gasteiger partial charge on any atom is -0.394 e. The highest BCUT2D eigenvalue weighted by molar-refractivity contribution is 8.00. The highest BCUT2D eigenvalue weighted by atomic mass is 35.5. The van der Waals surface area contributed by atoms with Crippen LogP contribution in [0.3, 0.4) is 0 Å². The smallest absolute Gasteiger partial charge is 0.145 e. The third-order valence-corrected chi connectivity index (χ3v) is 7.14. The van der Waals surface area contributed by atoms with E-state index in [1.54, 1.807) is 30.6 Å². The Kier molecular flexibility index (Phi) is 6.42. The van der Waals surface area contributed by atoms with Crippen LogP contribution in [0.2, 0.25) is 10.0 Å². The van der Waals surface area contributed by atoms with Gasteiger partial charge in [0.1, 0.15) is 40.5 Å². The van der Waals surface area contributed by atoms with Gasteiger partial charge in [0.25, 0.3) is 0 Å². The largest absolute Gasteiger partial charge is 0.394 e. The molecule has 0 radical (unpaired) electrons. The molecule has 4 rings (SSSR count). The minimum absolute atomic E-state index is 0.432. The van der Waals surface area contributed by atoms with Crippen molar-refractivity contribution in [3.63, 3.8) is 0 Å². The lowest BCUT2D eigenvalue weighted by atomic mass is 9.97. The number of aliphatic hydroxyl groups is 3. The zero-order chi connectivity index (χ0) is 20.5. The van der Waals surface area contributed by atoms with Crippen molar-refractivity contribution in [1.82, 2.24) is 20.0 Å². The number of aromatic nitrogens is 4. The summed E-state index contributed by atoms with van der Waals surface area (Å²) in [6.45, 7) is -0.432. The Morgan fingerprint density at radius 3 is 2.79 bits per heavy atom. The van der Waals surface area contributed by atoms with Crippen LogP contribution in [0.5, 0.6) is 0 Å². The van der Waals surface area contributed by atoms with Crippen molar-refractivity contribution in [2.45, 2.75) is 34.7 Å². The SMILES string of the molecule is OCC1OC(Sc2cc(Cl)ccc2Cl)[C@@H](O)C(n2cc(-c3nccs3)nn2)C1O. The third-order valence-electron chi connectivity index (χ3n) is 4.45. The first-order valence-corrected chi connectivity index (χ1v) is 11.1. The van der Waals surface area contributed by atoms with E-state index >= 15 is 0 Å². The summed E-state index contributed by atoms with van der Waals surface area (Å²) in [6.07, 6.45) is -0.0398. The van der Waals surface area contributed by atoms with Gasteiger partial charge in [0.2, 0.25) is 0 Å². The molecule has 1 aromatic carbocycles. The Morgan fingerprint density at radius 1 is 1.24 bits per heavy atom. The topological polar surface area (TPSA) is 114 Å². The number of hydrogen-bond acceptors (Lipinski definition) is 9. The zero-order valence-electron chi connectivity index (χ0n) is 14.7. The zero-order valence-corrected chi connectivity index (χ0v) is 17.8. The molecular formula is C17H16Cl2N4O4S2. The fraction of sp³-hybridized carbons (Fsp3) is 0.353. The molecule has 0 amide bonds. The highest BCUT2D eigenvalue weighted by Gasteiger charge is 2.46. The van der Waals surface area contributed by atoms with Crippen molar-refractivity contribution in [1.29, 1.82) is 0 Å². The molecule has 2 aromatic heterocycles. The summed E-state index contributed by atoms with van der Waals surface area (Å²) in [4.78, 5) is 4.79. The van der Waals surface area contributed by atoms with Crippen LogP contribution in [0.1, 0.15) is 6.04 Å². The van der Waals surface area contributed by atoms with Gasteiger partial charge in [-0.1, -0.05) is 40.2 Å². The fourth-order valence-corrected chi connectivity index (χ4v) is 5.24. The molecule has 0 aliphatic carbocycles. The molecule has 3 heterocycles. The fourth-order valence-electron chi connectivity index (χ4n) is 3.04. The maximum absolute atomic E-state index is 11.0. The van der Waals surface area contributed by atoms with Gasteiger partial charge in [-0.25, -0.2) is 9.67 Å². The van der Waals surface area contributed by atoms with Crippen LogP contribution in [-0.2, 0) is 4.74 Å². The highest BCUT2D eigenvalue weighted by Crippen LogP contribution is 2.41. The third kappa shape index (κ3) is 4.30. The standard InChI is InChI=1S/C17H16Cl2N4O4S2/c18-8-1-2-9(19)12(5-8)29-17-15(26)13(14(25)11(7-24)27-17)23-6-10(21-22-23)16-20-3-4-28-16/h1-6,11,13-15,17,24-26H,7H2/t11?,13?,14?,15-,17?/m0/s1. The molecule has 4 unspecified atom stereocenters. The number of nitrogens with zero attached hydrogens (tertiary/aromatic N) is 4. The average Bonchev–Trinajstić information content (AvgIpc) is 3.38. The molecule has 0 bridgehead atoms. The number of hydrogen-bond donors (Lipinski definition) is 3. The lowest BCUT2D eigenvalue weighted by Crippen LogP contribution is -2.55. The molecular weight excluding hydrogens is 459 g/mol. The van der Waals surface area contributed by atoms with Crippen molar-refractivity contribution in [2.75, 3.05) is 6.61 Å². The second kappa shape index (κ2) is 8.86. The first kappa shape index (κ1) is 21.0. The molecule has 0 spiro atoms. The number of benzene rings is 1. The van der Waals surface area contributed by atoms with Crippen molar-refractivity contribution < 1.29 is 20.1 Å². The number of thiazole rings is 1. The number of ether oxygens (including phenoxy) is 1. The van der Waals surface area contributed by atoms with Crippen molar-refractivity contribution in [2.24, 2.45) is 0 Å². The van der Waals surface area contributed by atoms with Gasteiger partial charge in [-0.2, -0.15) is 0 Å². The summed E-state index contributed by atoms with van der Waals surface area (Å²) in [5.74, 6) is 0. The van der Waals surface area contributed by atoms with Gasteiger partial charge in [-0.05, 0) is 18.2 Å². The van der Waals surface area contributed by atoms with Crippen LogP contribution in [0.4, 0.5) is 0 Å². The van der Waals surface area contributed by atoms with Crippen LogP contribution in [-0.4, -0.2) is 65.7 Å². The van der Waals surface area contributed by atoms with E-state index < -0.39 is 36.4 Å². The second-order valence-electron chi connectivity index (χ2n) is 6.31. The van der Waals surface area contributed by atoms with Crippen molar-refractivity contribution in [3.05, 3.63) is 46.0 Å². The molecule has 1 aliphatic heterocycles. The lowest BCUT2D eigenvalue weighted by molar-refractivity contribution is -0.178. The molecule has 3 aromatic rings. The number of rotatable bonds is 5. The number of aliphatic hydroxyl groups excluding tert-OH is 3. The molecule has 8 nitrogen and oxygen atoms in total. The Morgan fingerprint density at radius 2 is 2.07 bits per heavy atom. The Labute approximate surface area is 184 Å². The summed E-state index contributed by atoms with van der Waals surface area (Å²) in [6, 6.07) is 4.08. The van der Waals surface area contributed by atoms with Gasteiger partial charge in [0.15, 0.2) is 0 Å². The van der Waals surface area contributed by atoms with Gasteiger partial charge in [0.05, 0.1) is 17.8 Å². The molecule has 1 aliphatic rings. The molecule has 29 heavy (non-hydrogen) atoms. The molecule has 3 N–H and O–H groups in total. The maximum atomic E-state index is 11.0. The number of thioether (sulfide) groups is 1. The van der Waals surface area contributed by atoms with Gasteiger partial charge >= 0.3 is 0 Å². The van der Waals surface area contributed by atoms with Gasteiger partial charge < -0.3 is 20.1 Å². The summed E-state index contributed by atoms with van der Waals surface area (Å²) in [5, 5.41) is 42.9. The second-order valence-corrected chi connectivity index (χ2v) is 9.19. The van der Waals surface area contributed by atoms with E-state index in [4.69, 9.17) is 27.9 Å². The van der Waals surface area contributed by atoms with Crippen LogP contribution >= 0.6 is 46.3 Å². The lowest BCUT2D eigenvalue weighted by Gasteiger charge is -2.41. The first-order valence-electron chi connectivity index (χ1n) is 8.54. The first-order chi connectivity index (χ1) is 14.0. The quantitative estimate of drug-likeness (QED) is 0.516. The van der Waals surface area contributed by atoms with Crippen molar-refractivity contribution in [3.8, 4) is 10.7 Å². The molecule has 12 heteroatoms. The molecule has 1 fully saturated rings. The monoisotopic (exact) mass is 474 g/mol. The summed E-state index contributed by atoms with van der Waals surface area (Å²) >= 11 is 14.8. The van der Waals surface area contributed by atoms with E-state index in [1.165, 1.54) is 16.0 Å². The van der Waals surface area contributed by atoms with Crippen LogP contribution in [0, 0.1) is 0 Å². The van der Waals surface area contributed by atoms with E-state index in [0.717, 1.165) is 11.8 Å². The van der Waals surface area contributed by atoms with Crippen molar-refractivity contribution >= 4 is 46.3 Å².